The van der Waals surface area contributed by atoms with Gasteiger partial charge in [-0.3, -0.25) is 0 Å². The van der Waals surface area contributed by atoms with Crippen LogP contribution in [0, 0.1) is 0 Å². The molecule has 4 nitrogen and oxygen atoms in total. The molecule has 2 rings (SSSR count). The summed E-state index contributed by atoms with van der Waals surface area (Å²) >= 11 is 6.20. The van der Waals surface area contributed by atoms with E-state index in [-0.39, 0.29) is 5.97 Å². The number of benzene rings is 2. The maximum Gasteiger partial charge on any atom is 0.338 e. The van der Waals surface area contributed by atoms with Gasteiger partial charge in [0.25, 0.3) is 0 Å². The van der Waals surface area contributed by atoms with Gasteiger partial charge in [0.15, 0.2) is 0 Å². The van der Waals surface area contributed by atoms with Gasteiger partial charge in [-0.2, -0.15) is 10.2 Å². The lowest BCUT2D eigenvalue weighted by Gasteiger charge is -2.06. The molecule has 0 saturated heterocycles. The Bertz CT molecular complexity index is 985. The number of unbranched alkanes of at least 4 members (excludes halogenated alkanes) is 15. The smallest absolute Gasteiger partial charge is 0.338 e. The molecule has 0 aliphatic rings. The van der Waals surface area contributed by atoms with E-state index in [0.717, 1.165) is 29.7 Å². The molecular formula is C34H49ClN2O2. The SMILES string of the molecule is CCCCCCCCCCCCCCCCCCOC(=O)c1ccc(C=NN=C(C)c2ccccc2Cl)cc1. The summed E-state index contributed by atoms with van der Waals surface area (Å²) in [5.41, 5.74) is 3.02. The topological polar surface area (TPSA) is 51.0 Å². The summed E-state index contributed by atoms with van der Waals surface area (Å²) in [7, 11) is 0. The average Bonchev–Trinajstić information content (AvgIpc) is 2.95. The monoisotopic (exact) mass is 552 g/mol. The number of carbonyl (C=O) groups excluding carboxylic acids is 1. The number of hydrogen-bond donors (Lipinski definition) is 0. The molecule has 0 radical (unpaired) electrons. The van der Waals surface area contributed by atoms with Crippen molar-refractivity contribution in [3.05, 3.63) is 70.2 Å². The molecule has 0 spiro atoms. The van der Waals surface area contributed by atoms with Crippen molar-refractivity contribution in [2.75, 3.05) is 6.61 Å². The number of hydrogen-bond acceptors (Lipinski definition) is 4. The third kappa shape index (κ3) is 15.1. The van der Waals surface area contributed by atoms with Crippen LogP contribution in [-0.2, 0) is 4.74 Å². The van der Waals surface area contributed by atoms with Crippen LogP contribution in [0.4, 0.5) is 0 Å². The van der Waals surface area contributed by atoms with Gasteiger partial charge in [0.05, 0.1) is 24.1 Å². The number of esters is 1. The largest absolute Gasteiger partial charge is 0.462 e. The molecule has 2 aromatic carbocycles. The van der Waals surface area contributed by atoms with Gasteiger partial charge in [0.2, 0.25) is 0 Å². The summed E-state index contributed by atoms with van der Waals surface area (Å²) in [6, 6.07) is 14.8. The summed E-state index contributed by atoms with van der Waals surface area (Å²) in [4.78, 5) is 12.3. The molecular weight excluding hydrogens is 504 g/mol. The second kappa shape index (κ2) is 21.4. The first-order valence-electron chi connectivity index (χ1n) is 15.2. The Balaban J connectivity index is 1.48. The van der Waals surface area contributed by atoms with Crippen LogP contribution in [0.25, 0.3) is 0 Å². The van der Waals surface area contributed by atoms with Crippen molar-refractivity contribution >= 4 is 29.5 Å². The predicted octanol–water partition coefficient (Wildman–Crippen LogP) is 10.6. The van der Waals surface area contributed by atoms with Crippen molar-refractivity contribution in [3.63, 3.8) is 0 Å². The molecule has 0 heterocycles. The highest BCUT2D eigenvalue weighted by atomic mass is 35.5. The number of halogens is 1. The van der Waals surface area contributed by atoms with Crippen molar-refractivity contribution in [2.45, 2.75) is 117 Å². The van der Waals surface area contributed by atoms with Crippen molar-refractivity contribution in [1.82, 2.24) is 0 Å². The number of ether oxygens (including phenoxy) is 1. The van der Waals surface area contributed by atoms with Crippen molar-refractivity contribution in [1.29, 1.82) is 0 Å². The summed E-state index contributed by atoms with van der Waals surface area (Å²) in [6.07, 6.45) is 23.0. The molecule has 214 valence electrons. The molecule has 0 aliphatic heterocycles. The van der Waals surface area contributed by atoms with Gasteiger partial charge in [-0.05, 0) is 37.1 Å². The minimum atomic E-state index is -0.271. The van der Waals surface area contributed by atoms with E-state index >= 15 is 0 Å². The molecule has 0 aromatic heterocycles. The van der Waals surface area contributed by atoms with Crippen molar-refractivity contribution < 1.29 is 9.53 Å². The first-order valence-corrected chi connectivity index (χ1v) is 15.6. The maximum atomic E-state index is 12.3. The number of nitrogens with zero attached hydrogens (tertiary/aromatic N) is 2. The van der Waals surface area contributed by atoms with Crippen molar-refractivity contribution in [2.24, 2.45) is 10.2 Å². The number of carbonyl (C=O) groups is 1. The van der Waals surface area contributed by atoms with E-state index < -0.39 is 0 Å². The molecule has 0 amide bonds. The van der Waals surface area contributed by atoms with E-state index in [0.29, 0.717) is 17.2 Å². The molecule has 5 heteroatoms. The lowest BCUT2D eigenvalue weighted by molar-refractivity contribution is 0.0497. The Kier molecular flexibility index (Phi) is 17.9. The third-order valence-electron chi connectivity index (χ3n) is 7.06. The molecule has 0 aliphatic carbocycles. The highest BCUT2D eigenvalue weighted by Gasteiger charge is 2.06. The molecule has 0 N–H and O–H groups in total. The number of rotatable bonds is 21. The van der Waals surface area contributed by atoms with Crippen molar-refractivity contribution in [3.8, 4) is 0 Å². The third-order valence-corrected chi connectivity index (χ3v) is 7.39. The van der Waals surface area contributed by atoms with Gasteiger partial charge in [-0.25, -0.2) is 4.79 Å². The maximum absolute atomic E-state index is 12.3. The second-order valence-corrected chi connectivity index (χ2v) is 10.9. The minimum absolute atomic E-state index is 0.271. The van der Waals surface area contributed by atoms with Crippen LogP contribution in [0.2, 0.25) is 5.02 Å². The Morgan fingerprint density at radius 2 is 1.26 bits per heavy atom. The Morgan fingerprint density at radius 3 is 1.79 bits per heavy atom. The first-order chi connectivity index (χ1) is 19.1. The van der Waals surface area contributed by atoms with E-state index in [9.17, 15) is 4.79 Å². The van der Waals surface area contributed by atoms with Crippen LogP contribution in [-0.4, -0.2) is 24.5 Å². The van der Waals surface area contributed by atoms with Gasteiger partial charge in [0.1, 0.15) is 0 Å². The highest BCUT2D eigenvalue weighted by Crippen LogP contribution is 2.16. The fraction of sp³-hybridized carbons (Fsp3) is 0.559. The predicted molar refractivity (Wildman–Crippen MR) is 168 cm³/mol. The first kappa shape index (κ1) is 32.8. The van der Waals surface area contributed by atoms with Gasteiger partial charge >= 0.3 is 5.97 Å². The molecule has 0 atom stereocenters. The summed E-state index contributed by atoms with van der Waals surface area (Å²) in [6.45, 7) is 4.63. The Morgan fingerprint density at radius 1 is 0.744 bits per heavy atom. The van der Waals surface area contributed by atoms with Gasteiger partial charge < -0.3 is 4.74 Å². The Hall–Kier alpha value is -2.46. The zero-order valence-electron chi connectivity index (χ0n) is 24.3. The summed E-state index contributed by atoms with van der Waals surface area (Å²) < 4.78 is 5.45. The lowest BCUT2D eigenvalue weighted by atomic mass is 10.0. The highest BCUT2D eigenvalue weighted by molar-refractivity contribution is 6.34. The average molecular weight is 553 g/mol. The molecule has 0 unspecified atom stereocenters. The minimum Gasteiger partial charge on any atom is -0.462 e. The van der Waals surface area contributed by atoms with Gasteiger partial charge in [0, 0.05) is 10.6 Å². The summed E-state index contributed by atoms with van der Waals surface area (Å²) in [5.74, 6) is -0.271. The standard InChI is InChI=1S/C34H49ClN2O2/c1-3-4-5-6-7-8-9-10-11-12-13-14-15-16-17-20-27-39-34(38)31-25-23-30(24-26-31)28-36-37-29(2)32-21-18-19-22-33(32)35/h18-19,21-26,28H,3-17,20,27H2,1-2H3. The fourth-order valence-corrected chi connectivity index (χ4v) is 4.87. The summed E-state index contributed by atoms with van der Waals surface area (Å²) in [5, 5.41) is 9.02. The normalized spacial score (nSPS) is 11.8. The van der Waals surface area contributed by atoms with Crippen LogP contribution in [0.3, 0.4) is 0 Å². The lowest BCUT2D eigenvalue weighted by Crippen LogP contribution is -2.06. The Labute approximate surface area is 242 Å². The molecule has 0 saturated carbocycles. The van der Waals surface area contributed by atoms with Crippen LogP contribution < -0.4 is 0 Å². The van der Waals surface area contributed by atoms with Crippen LogP contribution in [0.15, 0.2) is 58.7 Å². The van der Waals surface area contributed by atoms with Crippen LogP contribution in [0.1, 0.15) is 138 Å². The second-order valence-electron chi connectivity index (χ2n) is 10.5. The molecule has 0 bridgehead atoms. The van der Waals surface area contributed by atoms with E-state index in [4.69, 9.17) is 16.3 Å². The molecule has 39 heavy (non-hydrogen) atoms. The van der Waals surface area contributed by atoms with E-state index in [2.05, 4.69) is 17.1 Å². The quantitative estimate of drug-likeness (QED) is 0.0669. The van der Waals surface area contributed by atoms with Crippen LogP contribution in [0.5, 0.6) is 0 Å². The molecule has 2 aromatic rings. The molecule has 0 fully saturated rings. The van der Waals surface area contributed by atoms with Gasteiger partial charge in [-0.15, -0.1) is 0 Å². The zero-order chi connectivity index (χ0) is 28.0. The van der Waals surface area contributed by atoms with E-state index in [1.807, 2.05) is 43.3 Å². The van der Waals surface area contributed by atoms with Crippen LogP contribution >= 0.6 is 11.6 Å². The fourth-order valence-electron chi connectivity index (χ4n) is 4.59. The zero-order valence-corrected chi connectivity index (χ0v) is 25.1. The van der Waals surface area contributed by atoms with E-state index in [1.54, 1.807) is 18.3 Å². The van der Waals surface area contributed by atoms with E-state index in [1.165, 1.54) is 89.9 Å². The van der Waals surface area contributed by atoms with Gasteiger partial charge in [-0.1, -0.05) is 145 Å².